The highest BCUT2D eigenvalue weighted by atomic mass is 28.3. The normalized spacial score (nSPS) is 19.9. The van der Waals surface area contributed by atoms with Crippen LogP contribution in [0, 0.1) is 5.92 Å². The zero-order valence-electron chi connectivity index (χ0n) is 11.3. The van der Waals surface area contributed by atoms with Crippen molar-refractivity contribution in [2.24, 2.45) is 5.92 Å². The first-order valence-corrected chi connectivity index (χ1v) is 10.6. The Morgan fingerprint density at radius 3 is 2.25 bits per heavy atom. The van der Waals surface area contributed by atoms with E-state index in [4.69, 9.17) is 0 Å². The Balaban J connectivity index is 2.11. The second-order valence-corrected chi connectivity index (χ2v) is 11.8. The summed E-state index contributed by atoms with van der Waals surface area (Å²) in [6.07, 6.45) is 17.9. The maximum absolute atomic E-state index is 2.46. The van der Waals surface area contributed by atoms with Gasteiger partial charge in [-0.2, -0.15) is 0 Å². The monoisotopic (exact) mass is 236 g/mol. The molecular weight excluding hydrogens is 208 g/mol. The van der Waals surface area contributed by atoms with Crippen molar-refractivity contribution in [1.29, 1.82) is 0 Å². The third kappa shape index (κ3) is 7.05. The second kappa shape index (κ2) is 7.11. The van der Waals surface area contributed by atoms with Gasteiger partial charge in [-0.15, -0.1) is 0 Å². The third-order valence-electron chi connectivity index (χ3n) is 3.23. The lowest BCUT2D eigenvalue weighted by atomic mass is 9.89. The minimum absolute atomic E-state index is 0.861. The molecule has 0 heterocycles. The second-order valence-electron chi connectivity index (χ2n) is 6.30. The van der Waals surface area contributed by atoms with Crippen molar-refractivity contribution in [2.45, 2.75) is 64.2 Å². The Morgan fingerprint density at radius 1 is 0.938 bits per heavy atom. The lowest BCUT2D eigenvalue weighted by Crippen LogP contribution is -2.17. The summed E-state index contributed by atoms with van der Waals surface area (Å²) in [5, 5.41) is 0. The molecule has 0 saturated heterocycles. The van der Waals surface area contributed by atoms with E-state index >= 15 is 0 Å². The molecule has 92 valence electrons. The highest BCUT2D eigenvalue weighted by molar-refractivity contribution is 6.76. The van der Waals surface area contributed by atoms with Crippen molar-refractivity contribution in [3.8, 4) is 0 Å². The number of hydrogen-bond acceptors (Lipinski definition) is 0. The molecule has 0 N–H and O–H groups in total. The van der Waals surface area contributed by atoms with E-state index in [-0.39, 0.29) is 0 Å². The van der Waals surface area contributed by atoms with Crippen LogP contribution >= 0.6 is 0 Å². The molecule has 1 fully saturated rings. The molecule has 0 nitrogen and oxygen atoms in total. The molecule has 1 heteroatoms. The van der Waals surface area contributed by atoms with Gasteiger partial charge in [-0.05, 0) is 31.2 Å². The van der Waals surface area contributed by atoms with Gasteiger partial charge in [0.05, 0.1) is 0 Å². The van der Waals surface area contributed by atoms with Crippen LogP contribution in [0.4, 0.5) is 0 Å². The summed E-state index contributed by atoms with van der Waals surface area (Å²) in [6, 6.07) is 1.32. The van der Waals surface area contributed by atoms with Crippen LogP contribution in [-0.2, 0) is 0 Å². The predicted molar refractivity (Wildman–Crippen MR) is 77.6 cm³/mol. The molecule has 0 bridgehead atoms. The zero-order valence-corrected chi connectivity index (χ0v) is 12.3. The summed E-state index contributed by atoms with van der Waals surface area (Å²) < 4.78 is 0. The van der Waals surface area contributed by atoms with E-state index in [1.165, 1.54) is 38.1 Å². The van der Waals surface area contributed by atoms with Gasteiger partial charge < -0.3 is 0 Å². The summed E-state index contributed by atoms with van der Waals surface area (Å²) in [4.78, 5) is 0. The molecule has 0 atom stereocenters. The maximum Gasteiger partial charge on any atom is 0.0480 e. The molecule has 1 rings (SSSR count). The molecule has 0 amide bonds. The van der Waals surface area contributed by atoms with Crippen LogP contribution in [0.3, 0.4) is 0 Å². The van der Waals surface area contributed by atoms with Crippen molar-refractivity contribution in [3.63, 3.8) is 0 Å². The van der Waals surface area contributed by atoms with Gasteiger partial charge in [-0.3, -0.25) is 0 Å². The van der Waals surface area contributed by atoms with Crippen LogP contribution in [0.2, 0.25) is 25.7 Å². The Bertz CT molecular complexity index is 226. The van der Waals surface area contributed by atoms with Gasteiger partial charge in [0.2, 0.25) is 0 Å². The molecule has 0 aliphatic heterocycles. The maximum atomic E-state index is 2.46. The average Bonchev–Trinajstić information content (AvgIpc) is 2.23. The van der Waals surface area contributed by atoms with Crippen LogP contribution in [0.1, 0.15) is 38.5 Å². The van der Waals surface area contributed by atoms with E-state index in [0.717, 1.165) is 12.3 Å². The smallest absolute Gasteiger partial charge is 0.0480 e. The Hall–Kier alpha value is -0.303. The molecular formula is C15H28Si. The zero-order chi connectivity index (χ0) is 11.9. The lowest BCUT2D eigenvalue weighted by molar-refractivity contribution is 0.419. The largest absolute Gasteiger partial charge is 0.0909 e. The summed E-state index contributed by atoms with van der Waals surface area (Å²) in [5.41, 5.74) is 0. The molecule has 0 aromatic rings. The number of hydrogen-bond donors (Lipinski definition) is 0. The summed E-state index contributed by atoms with van der Waals surface area (Å²) in [6.45, 7) is 7.28. The van der Waals surface area contributed by atoms with Gasteiger partial charge in [0.25, 0.3) is 0 Å². The minimum Gasteiger partial charge on any atom is -0.0909 e. The summed E-state index contributed by atoms with van der Waals surface area (Å²) in [5.74, 6) is 0.888. The lowest BCUT2D eigenvalue weighted by Gasteiger charge is -2.17. The minimum atomic E-state index is -0.861. The van der Waals surface area contributed by atoms with E-state index in [9.17, 15) is 0 Å². The summed E-state index contributed by atoms with van der Waals surface area (Å²) in [7, 11) is -0.861. The van der Waals surface area contributed by atoms with Gasteiger partial charge >= 0.3 is 0 Å². The van der Waals surface area contributed by atoms with Crippen molar-refractivity contribution >= 4 is 8.07 Å². The van der Waals surface area contributed by atoms with E-state index in [0.29, 0.717) is 0 Å². The first kappa shape index (κ1) is 13.8. The van der Waals surface area contributed by atoms with Gasteiger partial charge in [-0.1, -0.05) is 63.2 Å². The number of rotatable bonds is 5. The molecule has 0 radical (unpaired) electrons. The molecule has 16 heavy (non-hydrogen) atoms. The first-order chi connectivity index (χ1) is 7.58. The van der Waals surface area contributed by atoms with Crippen LogP contribution in [0.15, 0.2) is 24.3 Å². The third-order valence-corrected chi connectivity index (χ3v) is 4.69. The Morgan fingerprint density at radius 2 is 1.62 bits per heavy atom. The quantitative estimate of drug-likeness (QED) is 0.442. The predicted octanol–water partition coefficient (Wildman–Crippen LogP) is 5.41. The average molecular weight is 236 g/mol. The standard InChI is InChI=1S/C15H28Si/c1-16(2,3)14-10-5-4-7-11-15-12-8-6-9-13-15/h5,7,10-11,15H,4,6,8-9,12-14H2,1-3H3/b10-5+,11-7+. The van der Waals surface area contributed by atoms with Gasteiger partial charge in [-0.25, -0.2) is 0 Å². The highest BCUT2D eigenvalue weighted by Gasteiger charge is 2.09. The van der Waals surface area contributed by atoms with E-state index < -0.39 is 8.07 Å². The molecule has 1 aliphatic rings. The Kier molecular flexibility index (Phi) is 6.11. The van der Waals surface area contributed by atoms with Crippen molar-refractivity contribution in [2.75, 3.05) is 0 Å². The molecule has 1 aliphatic carbocycles. The highest BCUT2D eigenvalue weighted by Crippen LogP contribution is 2.24. The fraction of sp³-hybridized carbons (Fsp3) is 0.733. The van der Waals surface area contributed by atoms with Crippen molar-refractivity contribution in [1.82, 2.24) is 0 Å². The summed E-state index contributed by atoms with van der Waals surface area (Å²) >= 11 is 0. The Labute approximate surface area is 103 Å². The van der Waals surface area contributed by atoms with Gasteiger partial charge in [0, 0.05) is 8.07 Å². The number of allylic oxidation sites excluding steroid dienone is 4. The van der Waals surface area contributed by atoms with Crippen molar-refractivity contribution < 1.29 is 0 Å². The topological polar surface area (TPSA) is 0 Å². The molecule has 1 saturated carbocycles. The van der Waals surface area contributed by atoms with Gasteiger partial charge in [0.15, 0.2) is 0 Å². The van der Waals surface area contributed by atoms with Crippen LogP contribution in [0.5, 0.6) is 0 Å². The first-order valence-electron chi connectivity index (χ1n) is 6.89. The molecule has 0 aromatic carbocycles. The molecule has 0 spiro atoms. The van der Waals surface area contributed by atoms with Crippen LogP contribution in [-0.4, -0.2) is 8.07 Å². The molecule has 0 unspecified atom stereocenters. The van der Waals surface area contributed by atoms with Crippen LogP contribution < -0.4 is 0 Å². The van der Waals surface area contributed by atoms with E-state index in [1.54, 1.807) is 0 Å². The SMILES string of the molecule is C[Si](C)(C)C/C=C/C/C=C/C1CCCCC1. The van der Waals surface area contributed by atoms with Crippen LogP contribution in [0.25, 0.3) is 0 Å². The van der Waals surface area contributed by atoms with Crippen molar-refractivity contribution in [3.05, 3.63) is 24.3 Å². The molecule has 0 aromatic heterocycles. The fourth-order valence-electron chi connectivity index (χ4n) is 2.21. The van der Waals surface area contributed by atoms with E-state index in [2.05, 4.69) is 43.9 Å². The van der Waals surface area contributed by atoms with E-state index in [1.807, 2.05) is 0 Å². The fourth-order valence-corrected chi connectivity index (χ4v) is 3.08. The van der Waals surface area contributed by atoms with Gasteiger partial charge in [0.1, 0.15) is 0 Å².